The maximum atomic E-state index is 13.6. The minimum Gasteiger partial charge on any atom is -0.488 e. The van der Waals surface area contributed by atoms with Crippen LogP contribution < -0.4 is 4.74 Å². The molecule has 3 aliphatic rings. The fourth-order valence-corrected chi connectivity index (χ4v) is 6.98. The van der Waals surface area contributed by atoms with E-state index in [1.165, 1.54) is 0 Å². The number of nitrogens with zero attached hydrogens (tertiary/aromatic N) is 6. The lowest BCUT2D eigenvalue weighted by molar-refractivity contribution is -0.102. The Labute approximate surface area is 264 Å². The van der Waals surface area contributed by atoms with Crippen molar-refractivity contribution >= 4 is 17.7 Å². The van der Waals surface area contributed by atoms with Crippen LogP contribution in [0.5, 0.6) is 5.75 Å². The highest BCUT2D eigenvalue weighted by Crippen LogP contribution is 2.41. The van der Waals surface area contributed by atoms with E-state index in [2.05, 4.69) is 25.5 Å². The number of aliphatic hydroxyl groups is 1. The van der Waals surface area contributed by atoms with Crippen LogP contribution in [0.3, 0.4) is 0 Å². The maximum absolute atomic E-state index is 13.6. The maximum Gasteiger partial charge on any atom is 0.410 e. The van der Waals surface area contributed by atoms with E-state index < -0.39 is 24.0 Å². The van der Waals surface area contributed by atoms with Crippen LogP contribution in [0.15, 0.2) is 49.1 Å². The molecule has 1 amide bonds. The standard InChI is InChI=1S/C33H43ClN6O4/c1-22-16-37(21-36-22)17-23-7-6-12-39(18-23)31(41)27-19-38(13-14-40(27)32(42)44-33(2,3)4)30-26-10-9-25(34)15-28(26)43-20-24-8-5-11-35-29(24)30/h5,8-11,15-16,21,23,27,30-31,41H,6-7,12-14,17-20H2,1-4H3/t23-,27+,30-,31?/m0/s1. The fourth-order valence-electron chi connectivity index (χ4n) is 6.82. The van der Waals surface area contributed by atoms with Gasteiger partial charge in [-0.15, -0.1) is 0 Å². The molecule has 2 aromatic heterocycles. The Morgan fingerprint density at radius 3 is 2.80 bits per heavy atom. The molecule has 236 valence electrons. The highest BCUT2D eigenvalue weighted by atomic mass is 35.5. The molecule has 2 fully saturated rings. The topological polar surface area (TPSA) is 96.2 Å². The summed E-state index contributed by atoms with van der Waals surface area (Å²) in [5, 5.41) is 12.7. The summed E-state index contributed by atoms with van der Waals surface area (Å²) in [6.45, 7) is 11.8. The number of pyridine rings is 1. The van der Waals surface area contributed by atoms with Crippen LogP contribution in [0.2, 0.25) is 5.02 Å². The van der Waals surface area contributed by atoms with Crippen molar-refractivity contribution in [1.82, 2.24) is 29.2 Å². The van der Waals surface area contributed by atoms with Gasteiger partial charge in [0.05, 0.1) is 29.8 Å². The molecule has 0 radical (unpaired) electrons. The number of carbonyl (C=O) groups excluding carboxylic acids is 1. The van der Waals surface area contributed by atoms with Crippen molar-refractivity contribution in [3.8, 4) is 5.75 Å². The minimum absolute atomic E-state index is 0.227. The zero-order valence-corrected chi connectivity index (χ0v) is 26.8. The van der Waals surface area contributed by atoms with E-state index >= 15 is 0 Å². The number of fused-ring (bicyclic) bond motifs is 2. The van der Waals surface area contributed by atoms with Gasteiger partial charge in [0, 0.05) is 67.8 Å². The Bertz CT molecular complexity index is 1470. The van der Waals surface area contributed by atoms with Crippen LogP contribution in [-0.2, 0) is 17.9 Å². The molecule has 1 N–H and O–H groups in total. The average Bonchev–Trinajstić information content (AvgIpc) is 3.32. The third-order valence-corrected chi connectivity index (χ3v) is 9.02. The highest BCUT2D eigenvalue weighted by molar-refractivity contribution is 6.30. The molecule has 3 aliphatic heterocycles. The number of aromatic nitrogens is 3. The zero-order valence-electron chi connectivity index (χ0n) is 26.0. The molecule has 0 bridgehead atoms. The molecule has 3 aromatic rings. The monoisotopic (exact) mass is 622 g/mol. The fraction of sp³-hybridized carbons (Fsp3) is 0.545. The van der Waals surface area contributed by atoms with Crippen LogP contribution >= 0.6 is 11.6 Å². The Balaban J connectivity index is 1.30. The van der Waals surface area contributed by atoms with Gasteiger partial charge in [0.1, 0.15) is 24.2 Å². The van der Waals surface area contributed by atoms with Crippen molar-refractivity contribution in [3.63, 3.8) is 0 Å². The van der Waals surface area contributed by atoms with Crippen molar-refractivity contribution in [1.29, 1.82) is 0 Å². The summed E-state index contributed by atoms with van der Waals surface area (Å²) in [5.41, 5.74) is 3.24. The van der Waals surface area contributed by atoms with Crippen LogP contribution in [0.4, 0.5) is 4.79 Å². The quantitative estimate of drug-likeness (QED) is 0.431. The minimum atomic E-state index is -0.868. The molecular weight excluding hydrogens is 580 g/mol. The number of amides is 1. The number of aliphatic hydroxyl groups excluding tert-OH is 1. The van der Waals surface area contributed by atoms with Gasteiger partial charge in [0.15, 0.2) is 0 Å². The molecule has 10 nitrogen and oxygen atoms in total. The van der Waals surface area contributed by atoms with Crippen molar-refractivity contribution in [3.05, 3.63) is 76.6 Å². The van der Waals surface area contributed by atoms with Crippen LogP contribution in [0.25, 0.3) is 0 Å². The van der Waals surface area contributed by atoms with Gasteiger partial charge in [-0.1, -0.05) is 23.7 Å². The number of benzene rings is 1. The van der Waals surface area contributed by atoms with E-state index in [4.69, 9.17) is 26.1 Å². The number of hydrogen-bond donors (Lipinski definition) is 1. The van der Waals surface area contributed by atoms with E-state index in [9.17, 15) is 9.90 Å². The molecule has 1 aromatic carbocycles. The van der Waals surface area contributed by atoms with Gasteiger partial charge in [0.2, 0.25) is 0 Å². The van der Waals surface area contributed by atoms with Gasteiger partial charge in [-0.2, -0.15) is 0 Å². The first-order valence-electron chi connectivity index (χ1n) is 15.6. The lowest BCUT2D eigenvalue weighted by Gasteiger charge is -2.48. The first-order valence-corrected chi connectivity index (χ1v) is 15.9. The van der Waals surface area contributed by atoms with Crippen molar-refractivity contribution in [2.75, 3.05) is 32.7 Å². The number of imidazole rings is 1. The number of rotatable bonds is 5. The Morgan fingerprint density at radius 1 is 1.18 bits per heavy atom. The third kappa shape index (κ3) is 6.73. The van der Waals surface area contributed by atoms with Gasteiger partial charge in [0.25, 0.3) is 0 Å². The van der Waals surface area contributed by atoms with Gasteiger partial charge >= 0.3 is 6.09 Å². The predicted octanol–water partition coefficient (Wildman–Crippen LogP) is 4.87. The molecule has 0 aliphatic carbocycles. The van der Waals surface area contributed by atoms with E-state index in [1.54, 1.807) is 4.90 Å². The molecule has 0 saturated carbocycles. The highest BCUT2D eigenvalue weighted by Gasteiger charge is 2.43. The van der Waals surface area contributed by atoms with Crippen LogP contribution in [-0.4, -0.2) is 91.0 Å². The SMILES string of the molecule is Cc1cn(C[C@@H]2CCCN(C(O)[C@H]3CN([C@H]4c5ccc(Cl)cc5OCc5cccnc54)CCN3C(=O)OC(C)(C)C)C2)cn1. The number of ether oxygens (including phenoxy) is 2. The second-order valence-electron chi connectivity index (χ2n) is 13.3. The van der Waals surface area contributed by atoms with Gasteiger partial charge in [-0.25, -0.2) is 9.78 Å². The smallest absolute Gasteiger partial charge is 0.410 e. The number of halogens is 1. The van der Waals surface area contributed by atoms with Crippen molar-refractivity contribution in [2.45, 2.75) is 77.6 Å². The van der Waals surface area contributed by atoms with E-state index in [1.807, 2.05) is 70.6 Å². The van der Waals surface area contributed by atoms with E-state index in [0.29, 0.717) is 37.2 Å². The van der Waals surface area contributed by atoms with Gasteiger partial charge in [-0.3, -0.25) is 19.7 Å². The Hall–Kier alpha value is -3.18. The zero-order chi connectivity index (χ0) is 31.0. The van der Waals surface area contributed by atoms with Crippen LogP contribution in [0.1, 0.15) is 62.2 Å². The first kappa shape index (κ1) is 30.8. The lowest BCUT2D eigenvalue weighted by atomic mass is 9.94. The van der Waals surface area contributed by atoms with Crippen molar-refractivity contribution in [2.24, 2.45) is 5.92 Å². The number of hydrogen-bond acceptors (Lipinski definition) is 8. The lowest BCUT2D eigenvalue weighted by Crippen LogP contribution is -2.64. The number of aryl methyl sites for hydroxylation is 1. The summed E-state index contributed by atoms with van der Waals surface area (Å²) >= 11 is 6.39. The molecule has 5 heterocycles. The number of piperazine rings is 1. The predicted molar refractivity (Wildman–Crippen MR) is 167 cm³/mol. The summed E-state index contributed by atoms with van der Waals surface area (Å²) in [4.78, 5) is 29.0. The summed E-state index contributed by atoms with van der Waals surface area (Å²) < 4.78 is 14.2. The average molecular weight is 623 g/mol. The second-order valence-corrected chi connectivity index (χ2v) is 13.7. The molecule has 6 rings (SSSR count). The van der Waals surface area contributed by atoms with Crippen LogP contribution in [0, 0.1) is 12.8 Å². The van der Waals surface area contributed by atoms with Gasteiger partial charge in [-0.05, 0) is 64.7 Å². The first-order chi connectivity index (χ1) is 21.1. The Kier molecular flexibility index (Phi) is 8.88. The second kappa shape index (κ2) is 12.7. The summed E-state index contributed by atoms with van der Waals surface area (Å²) in [7, 11) is 0. The summed E-state index contributed by atoms with van der Waals surface area (Å²) in [6.07, 6.45) is 6.53. The normalized spacial score (nSPS) is 23.7. The molecule has 2 saturated heterocycles. The Morgan fingerprint density at radius 2 is 2.02 bits per heavy atom. The molecule has 44 heavy (non-hydrogen) atoms. The summed E-state index contributed by atoms with van der Waals surface area (Å²) in [6, 6.07) is 8.97. The molecule has 0 spiro atoms. The molecule has 1 unspecified atom stereocenters. The largest absolute Gasteiger partial charge is 0.488 e. The van der Waals surface area contributed by atoms with Crippen molar-refractivity contribution < 1.29 is 19.4 Å². The summed E-state index contributed by atoms with van der Waals surface area (Å²) in [5.74, 6) is 1.09. The van der Waals surface area contributed by atoms with Gasteiger partial charge < -0.3 is 19.1 Å². The van der Waals surface area contributed by atoms with E-state index in [0.717, 1.165) is 60.7 Å². The number of piperidine rings is 1. The third-order valence-electron chi connectivity index (χ3n) is 8.78. The molecule has 4 atom stereocenters. The molecule has 11 heteroatoms. The number of carbonyl (C=O) groups is 1. The van der Waals surface area contributed by atoms with E-state index in [-0.39, 0.29) is 6.04 Å². The molecular formula is C33H43ClN6O4. The number of likely N-dealkylation sites (tertiary alicyclic amines) is 1.